The van der Waals surface area contributed by atoms with E-state index in [9.17, 15) is 0 Å². The number of halogens is 1. The number of hydrogen-bond donors (Lipinski definition) is 0. The Morgan fingerprint density at radius 1 is 1.17 bits per heavy atom. The molecule has 0 N–H and O–H groups in total. The first kappa shape index (κ1) is 13.9. The lowest BCUT2D eigenvalue weighted by molar-refractivity contribution is 0.174. The minimum atomic E-state index is 0.372. The van der Waals surface area contributed by atoms with Crippen molar-refractivity contribution in [3.8, 4) is 5.75 Å². The van der Waals surface area contributed by atoms with E-state index in [4.69, 9.17) is 4.74 Å². The van der Waals surface area contributed by atoms with E-state index in [1.165, 1.54) is 31.2 Å². The number of hydrogen-bond acceptors (Lipinski definition) is 1. The van der Waals surface area contributed by atoms with Crippen LogP contribution in [0.3, 0.4) is 0 Å². The van der Waals surface area contributed by atoms with E-state index in [0.29, 0.717) is 11.3 Å². The van der Waals surface area contributed by atoms with Gasteiger partial charge in [-0.15, -0.1) is 0 Å². The summed E-state index contributed by atoms with van der Waals surface area (Å²) in [5, 5.41) is 1.06. The zero-order chi connectivity index (χ0) is 13.0. The van der Waals surface area contributed by atoms with Crippen LogP contribution in [0.15, 0.2) is 24.3 Å². The quantitative estimate of drug-likeness (QED) is 0.684. The largest absolute Gasteiger partial charge is 0.493 e. The van der Waals surface area contributed by atoms with E-state index < -0.39 is 0 Å². The van der Waals surface area contributed by atoms with Crippen LogP contribution in [0.25, 0.3) is 0 Å². The molecule has 0 aliphatic heterocycles. The Labute approximate surface area is 119 Å². The molecule has 1 nitrogen and oxygen atoms in total. The van der Waals surface area contributed by atoms with Crippen molar-refractivity contribution < 1.29 is 4.74 Å². The van der Waals surface area contributed by atoms with E-state index in [1.54, 1.807) is 0 Å². The number of ether oxygens (including phenoxy) is 1. The van der Waals surface area contributed by atoms with Crippen LogP contribution in [0.4, 0.5) is 0 Å². The van der Waals surface area contributed by atoms with Gasteiger partial charge in [0.25, 0.3) is 0 Å². The fourth-order valence-electron chi connectivity index (χ4n) is 2.63. The lowest BCUT2D eigenvalue weighted by Crippen LogP contribution is -2.26. The van der Waals surface area contributed by atoms with Gasteiger partial charge < -0.3 is 4.74 Å². The van der Waals surface area contributed by atoms with E-state index in [2.05, 4.69) is 54.0 Å². The van der Waals surface area contributed by atoms with Crippen molar-refractivity contribution in [1.82, 2.24) is 0 Å². The van der Waals surface area contributed by atoms with E-state index in [1.807, 2.05) is 0 Å². The van der Waals surface area contributed by atoms with Gasteiger partial charge in [0.1, 0.15) is 5.75 Å². The first-order valence-corrected chi connectivity index (χ1v) is 8.06. The van der Waals surface area contributed by atoms with Gasteiger partial charge in [-0.2, -0.15) is 0 Å². The maximum atomic E-state index is 5.99. The number of benzene rings is 1. The van der Waals surface area contributed by atoms with Crippen LogP contribution in [-0.2, 0) is 0 Å². The van der Waals surface area contributed by atoms with Crippen molar-refractivity contribution in [3.63, 3.8) is 0 Å². The summed E-state index contributed by atoms with van der Waals surface area (Å²) in [4.78, 5) is 0. The average Bonchev–Trinajstić information content (AvgIpc) is 2.86. The number of alkyl halides is 1. The standard InChI is InChI=1S/C16H23BrO/c1-13(2)14-5-7-15(8-6-14)18-12-16(11-17)9-3-4-10-16/h5-8,13H,3-4,9-12H2,1-2H3. The summed E-state index contributed by atoms with van der Waals surface area (Å²) in [5.41, 5.74) is 1.75. The topological polar surface area (TPSA) is 9.23 Å². The van der Waals surface area contributed by atoms with Gasteiger partial charge in [-0.3, -0.25) is 0 Å². The molecule has 0 saturated heterocycles. The van der Waals surface area contributed by atoms with Crippen LogP contribution >= 0.6 is 15.9 Å². The van der Waals surface area contributed by atoms with Gasteiger partial charge >= 0.3 is 0 Å². The minimum absolute atomic E-state index is 0.372. The first-order chi connectivity index (χ1) is 8.65. The molecular weight excluding hydrogens is 288 g/mol. The summed E-state index contributed by atoms with van der Waals surface area (Å²) in [6.45, 7) is 5.28. The van der Waals surface area contributed by atoms with E-state index in [0.717, 1.165) is 17.7 Å². The van der Waals surface area contributed by atoms with E-state index >= 15 is 0 Å². The summed E-state index contributed by atoms with van der Waals surface area (Å²) in [7, 11) is 0. The van der Waals surface area contributed by atoms with Crippen LogP contribution in [0.2, 0.25) is 0 Å². The Bertz CT molecular complexity index is 363. The third kappa shape index (κ3) is 3.28. The monoisotopic (exact) mass is 310 g/mol. The highest BCUT2D eigenvalue weighted by atomic mass is 79.9. The molecule has 1 saturated carbocycles. The molecule has 1 aliphatic carbocycles. The van der Waals surface area contributed by atoms with Gasteiger partial charge in [0.15, 0.2) is 0 Å². The molecule has 2 rings (SSSR count). The fraction of sp³-hybridized carbons (Fsp3) is 0.625. The molecule has 0 heterocycles. The summed E-state index contributed by atoms with van der Waals surface area (Å²) >= 11 is 3.66. The van der Waals surface area contributed by atoms with Crippen molar-refractivity contribution in [2.75, 3.05) is 11.9 Å². The third-order valence-corrected chi connectivity index (χ3v) is 5.23. The lowest BCUT2D eigenvalue weighted by atomic mass is 9.90. The van der Waals surface area contributed by atoms with Crippen molar-refractivity contribution >= 4 is 15.9 Å². The molecule has 2 heteroatoms. The molecule has 18 heavy (non-hydrogen) atoms. The smallest absolute Gasteiger partial charge is 0.119 e. The first-order valence-electron chi connectivity index (χ1n) is 6.94. The molecule has 0 atom stereocenters. The molecule has 0 aromatic heterocycles. The molecular formula is C16H23BrO. The Kier molecular flexibility index (Phi) is 4.71. The number of rotatable bonds is 5. The maximum Gasteiger partial charge on any atom is 0.119 e. The molecule has 0 radical (unpaired) electrons. The zero-order valence-corrected chi connectivity index (χ0v) is 13.0. The van der Waals surface area contributed by atoms with Crippen LogP contribution in [0.1, 0.15) is 51.0 Å². The predicted molar refractivity (Wildman–Crippen MR) is 80.7 cm³/mol. The zero-order valence-electron chi connectivity index (χ0n) is 11.4. The highest BCUT2D eigenvalue weighted by Crippen LogP contribution is 2.40. The molecule has 1 aromatic carbocycles. The second-order valence-electron chi connectivity index (χ2n) is 5.85. The van der Waals surface area contributed by atoms with Crippen molar-refractivity contribution in [1.29, 1.82) is 0 Å². The summed E-state index contributed by atoms with van der Waals surface area (Å²) < 4.78 is 5.99. The van der Waals surface area contributed by atoms with Gasteiger partial charge in [-0.05, 0) is 36.5 Å². The SMILES string of the molecule is CC(C)c1ccc(OCC2(CBr)CCCC2)cc1. The normalized spacial score (nSPS) is 18.2. The molecule has 1 fully saturated rings. The maximum absolute atomic E-state index is 5.99. The van der Waals surface area contributed by atoms with Crippen LogP contribution in [0, 0.1) is 5.41 Å². The highest BCUT2D eigenvalue weighted by molar-refractivity contribution is 9.09. The third-order valence-electron chi connectivity index (χ3n) is 4.04. The second-order valence-corrected chi connectivity index (χ2v) is 6.41. The summed E-state index contributed by atoms with van der Waals surface area (Å²) in [6, 6.07) is 8.56. The van der Waals surface area contributed by atoms with Gasteiger partial charge in [-0.1, -0.05) is 54.8 Å². The Morgan fingerprint density at radius 3 is 2.28 bits per heavy atom. The van der Waals surface area contributed by atoms with Crippen molar-refractivity contribution in [3.05, 3.63) is 29.8 Å². The summed E-state index contributed by atoms with van der Waals surface area (Å²) in [6.07, 6.45) is 5.28. The Balaban J connectivity index is 1.93. The average molecular weight is 311 g/mol. The molecule has 1 aromatic rings. The molecule has 0 amide bonds. The van der Waals surface area contributed by atoms with Crippen molar-refractivity contribution in [2.24, 2.45) is 5.41 Å². The predicted octanol–water partition coefficient (Wildman–Crippen LogP) is 5.14. The molecule has 0 bridgehead atoms. The molecule has 100 valence electrons. The molecule has 0 spiro atoms. The molecule has 1 aliphatic rings. The molecule has 0 unspecified atom stereocenters. The summed E-state index contributed by atoms with van der Waals surface area (Å²) in [5.74, 6) is 1.59. The van der Waals surface area contributed by atoms with Gasteiger partial charge in [-0.25, -0.2) is 0 Å². The van der Waals surface area contributed by atoms with E-state index in [-0.39, 0.29) is 0 Å². The van der Waals surface area contributed by atoms with Crippen LogP contribution < -0.4 is 4.74 Å². The van der Waals surface area contributed by atoms with Crippen molar-refractivity contribution in [2.45, 2.75) is 45.4 Å². The van der Waals surface area contributed by atoms with Gasteiger partial charge in [0.2, 0.25) is 0 Å². The highest BCUT2D eigenvalue weighted by Gasteiger charge is 2.33. The van der Waals surface area contributed by atoms with Crippen LogP contribution in [-0.4, -0.2) is 11.9 Å². The van der Waals surface area contributed by atoms with Gasteiger partial charge in [0, 0.05) is 10.7 Å². The van der Waals surface area contributed by atoms with Crippen LogP contribution in [0.5, 0.6) is 5.75 Å². The Hall–Kier alpha value is -0.500. The second kappa shape index (κ2) is 6.10. The minimum Gasteiger partial charge on any atom is -0.493 e. The Morgan fingerprint density at radius 2 is 1.78 bits per heavy atom. The van der Waals surface area contributed by atoms with Gasteiger partial charge in [0.05, 0.1) is 6.61 Å². The fourth-order valence-corrected chi connectivity index (χ4v) is 3.35. The lowest BCUT2D eigenvalue weighted by Gasteiger charge is -2.26.